The van der Waals surface area contributed by atoms with Gasteiger partial charge in [-0.3, -0.25) is 9.59 Å². The fraction of sp³-hybridized carbons (Fsp3) is 0.200. The van der Waals surface area contributed by atoms with Crippen LogP contribution in [-0.4, -0.2) is 20.7 Å². The average molecular weight is 392 g/mol. The first-order valence-corrected chi connectivity index (χ1v) is 10.5. The summed E-state index contributed by atoms with van der Waals surface area (Å²) in [5, 5.41) is 3.90. The van der Waals surface area contributed by atoms with Gasteiger partial charge in [0.05, 0.1) is 28.5 Å². The van der Waals surface area contributed by atoms with Gasteiger partial charge in [0.15, 0.2) is 11.6 Å². The van der Waals surface area contributed by atoms with Gasteiger partial charge in [0.25, 0.3) is 0 Å². The van der Waals surface area contributed by atoms with Crippen LogP contribution in [0.1, 0.15) is 52.4 Å². The molecule has 2 aliphatic heterocycles. The second kappa shape index (κ2) is 4.82. The van der Waals surface area contributed by atoms with Gasteiger partial charge in [-0.1, -0.05) is 36.4 Å². The molecule has 30 heavy (non-hydrogen) atoms. The quantitative estimate of drug-likeness (QED) is 0.327. The van der Waals surface area contributed by atoms with Crippen LogP contribution in [0.3, 0.4) is 0 Å². The van der Waals surface area contributed by atoms with Crippen molar-refractivity contribution in [3.63, 3.8) is 0 Å². The molecule has 0 N–H and O–H groups in total. The molecule has 2 bridgehead atoms. The first-order chi connectivity index (χ1) is 14.7. The maximum absolute atomic E-state index is 13.1. The van der Waals surface area contributed by atoms with E-state index >= 15 is 0 Å². The summed E-state index contributed by atoms with van der Waals surface area (Å²) in [7, 11) is 0. The molecule has 2 aromatic heterocycles. The van der Waals surface area contributed by atoms with Gasteiger partial charge in [-0.25, -0.2) is 0 Å². The minimum Gasteiger partial charge on any atom is -0.335 e. The van der Waals surface area contributed by atoms with E-state index in [-0.39, 0.29) is 30.4 Å². The molecule has 5 aromatic rings. The molecule has 4 heterocycles. The van der Waals surface area contributed by atoms with E-state index in [1.165, 1.54) is 0 Å². The number of hydrogen-bond acceptors (Lipinski definition) is 3. The molecule has 1 aliphatic carbocycles. The van der Waals surface area contributed by atoms with Gasteiger partial charge in [-0.05, 0) is 25.0 Å². The maximum Gasteiger partial charge on any atom is 0.172 e. The molecule has 0 amide bonds. The number of nitrogens with zero attached hydrogens (tertiary/aromatic N) is 2. The van der Waals surface area contributed by atoms with Crippen LogP contribution in [-0.2, 0) is 4.74 Å². The summed E-state index contributed by atoms with van der Waals surface area (Å²) in [6.45, 7) is 0. The summed E-state index contributed by atoms with van der Waals surface area (Å²) in [4.78, 5) is 26.3. The number of Topliss-reactive ketones (excluding diaryl/α,β-unsaturated/α-hetero) is 2. The summed E-state index contributed by atoms with van der Waals surface area (Å²) in [6, 6.07) is 16.4. The Labute approximate surface area is 170 Å². The SMILES string of the molecule is O=C1CC(=O)c2c1c1c3ccccc3n3c1c1c2c2ccccc2n1C1CCC3O1. The van der Waals surface area contributed by atoms with Gasteiger partial charge in [0, 0.05) is 32.7 Å². The Hall–Kier alpha value is -3.44. The van der Waals surface area contributed by atoms with Gasteiger partial charge in [-0.15, -0.1) is 0 Å². The number of hydrogen-bond donors (Lipinski definition) is 0. The third-order valence-corrected chi connectivity index (χ3v) is 7.23. The highest BCUT2D eigenvalue weighted by Crippen LogP contribution is 2.52. The van der Waals surface area contributed by atoms with E-state index < -0.39 is 0 Å². The Morgan fingerprint density at radius 1 is 0.700 bits per heavy atom. The molecular formula is C25H16N2O3. The Kier molecular flexibility index (Phi) is 2.48. The van der Waals surface area contributed by atoms with Crippen LogP contribution in [0, 0.1) is 0 Å². The van der Waals surface area contributed by atoms with Crippen LogP contribution in [0.2, 0.25) is 0 Å². The predicted molar refractivity (Wildman–Crippen MR) is 114 cm³/mol. The topological polar surface area (TPSA) is 53.2 Å². The lowest BCUT2D eigenvalue weighted by Gasteiger charge is -2.15. The molecule has 2 unspecified atom stereocenters. The van der Waals surface area contributed by atoms with E-state index in [4.69, 9.17) is 4.74 Å². The summed E-state index contributed by atoms with van der Waals surface area (Å²) >= 11 is 0. The zero-order valence-electron chi connectivity index (χ0n) is 16.0. The first kappa shape index (κ1) is 15.4. The van der Waals surface area contributed by atoms with Crippen LogP contribution >= 0.6 is 0 Å². The summed E-state index contributed by atoms with van der Waals surface area (Å²) in [5.74, 6) is -0.126. The number of aromatic nitrogens is 2. The number of benzene rings is 3. The standard InChI is InChI=1S/C25H16N2O3/c28-16-11-17(29)23-21-13-6-2-4-8-15(13)27-19-10-9-18(30-19)26-14-7-3-1-5-12(14)20(22(16)23)24(26)25(21)27/h1-8,18-19H,9-11H2. The van der Waals surface area contributed by atoms with E-state index in [1.54, 1.807) is 0 Å². The third-order valence-electron chi connectivity index (χ3n) is 7.23. The zero-order chi connectivity index (χ0) is 19.7. The molecular weight excluding hydrogens is 376 g/mol. The van der Waals surface area contributed by atoms with Crippen LogP contribution in [0.25, 0.3) is 43.6 Å². The Morgan fingerprint density at radius 2 is 1.17 bits per heavy atom. The van der Waals surface area contributed by atoms with E-state index in [0.29, 0.717) is 11.1 Å². The van der Waals surface area contributed by atoms with Crippen molar-refractivity contribution in [1.82, 2.24) is 9.13 Å². The average Bonchev–Trinajstić information content (AvgIpc) is 3.46. The van der Waals surface area contributed by atoms with E-state index in [0.717, 1.165) is 56.5 Å². The van der Waals surface area contributed by atoms with Crippen molar-refractivity contribution in [2.75, 3.05) is 0 Å². The molecule has 5 nitrogen and oxygen atoms in total. The van der Waals surface area contributed by atoms with Crippen molar-refractivity contribution >= 4 is 55.2 Å². The molecule has 0 radical (unpaired) electrons. The van der Waals surface area contributed by atoms with Crippen LogP contribution in [0.15, 0.2) is 48.5 Å². The molecule has 0 saturated carbocycles. The van der Waals surface area contributed by atoms with Crippen molar-refractivity contribution in [2.45, 2.75) is 31.7 Å². The lowest BCUT2D eigenvalue weighted by molar-refractivity contribution is -0.0229. The highest BCUT2D eigenvalue weighted by Gasteiger charge is 2.41. The normalized spacial score (nSPS) is 22.3. The Morgan fingerprint density at radius 3 is 1.67 bits per heavy atom. The predicted octanol–water partition coefficient (Wildman–Crippen LogP) is 5.49. The van der Waals surface area contributed by atoms with Crippen molar-refractivity contribution in [3.8, 4) is 0 Å². The number of carbonyl (C=O) groups excluding carboxylic acids is 2. The summed E-state index contributed by atoms with van der Waals surface area (Å²) in [5.41, 5.74) is 5.43. The van der Waals surface area contributed by atoms with Crippen molar-refractivity contribution in [1.29, 1.82) is 0 Å². The smallest absolute Gasteiger partial charge is 0.172 e. The molecule has 3 aliphatic rings. The minimum absolute atomic E-state index is 0.0358. The van der Waals surface area contributed by atoms with Crippen LogP contribution in [0.4, 0.5) is 0 Å². The van der Waals surface area contributed by atoms with Gasteiger partial charge in [-0.2, -0.15) is 0 Å². The monoisotopic (exact) mass is 392 g/mol. The second-order valence-electron chi connectivity index (χ2n) is 8.62. The second-order valence-corrected chi connectivity index (χ2v) is 8.62. The zero-order valence-corrected chi connectivity index (χ0v) is 16.0. The van der Waals surface area contributed by atoms with E-state index in [2.05, 4.69) is 33.4 Å². The summed E-state index contributed by atoms with van der Waals surface area (Å²) in [6.07, 6.45) is 1.69. The molecule has 0 spiro atoms. The number of ketones is 2. The maximum atomic E-state index is 13.1. The highest BCUT2D eigenvalue weighted by molar-refractivity contribution is 6.40. The van der Waals surface area contributed by atoms with Gasteiger partial charge in [0.1, 0.15) is 12.5 Å². The number of fused-ring (bicyclic) bond motifs is 13. The fourth-order valence-corrected chi connectivity index (χ4v) is 6.21. The van der Waals surface area contributed by atoms with Gasteiger partial charge < -0.3 is 13.9 Å². The molecule has 1 saturated heterocycles. The van der Waals surface area contributed by atoms with Crippen molar-refractivity contribution in [3.05, 3.63) is 59.7 Å². The molecule has 2 atom stereocenters. The molecule has 1 fully saturated rings. The number of carbonyl (C=O) groups is 2. The van der Waals surface area contributed by atoms with Crippen LogP contribution < -0.4 is 0 Å². The molecule has 8 rings (SSSR count). The highest BCUT2D eigenvalue weighted by atomic mass is 16.5. The van der Waals surface area contributed by atoms with Gasteiger partial charge >= 0.3 is 0 Å². The van der Waals surface area contributed by atoms with Crippen LogP contribution in [0.5, 0.6) is 0 Å². The molecule has 5 heteroatoms. The Bertz CT molecular complexity index is 1530. The van der Waals surface area contributed by atoms with E-state index in [1.807, 2.05) is 24.3 Å². The number of para-hydroxylation sites is 2. The lowest BCUT2D eigenvalue weighted by Crippen LogP contribution is -2.07. The van der Waals surface area contributed by atoms with Gasteiger partial charge in [0.2, 0.25) is 0 Å². The first-order valence-electron chi connectivity index (χ1n) is 10.5. The summed E-state index contributed by atoms with van der Waals surface area (Å²) < 4.78 is 11.1. The third kappa shape index (κ3) is 1.49. The number of rotatable bonds is 0. The number of ether oxygens (including phenoxy) is 1. The van der Waals surface area contributed by atoms with Crippen molar-refractivity contribution < 1.29 is 14.3 Å². The lowest BCUT2D eigenvalue weighted by atomic mass is 9.96. The fourth-order valence-electron chi connectivity index (χ4n) is 6.21. The molecule has 3 aromatic carbocycles. The largest absolute Gasteiger partial charge is 0.335 e. The minimum atomic E-state index is -0.0653. The van der Waals surface area contributed by atoms with E-state index in [9.17, 15) is 9.59 Å². The Balaban J connectivity index is 1.83. The molecule has 144 valence electrons. The van der Waals surface area contributed by atoms with Crippen molar-refractivity contribution in [2.24, 2.45) is 0 Å².